The van der Waals surface area contributed by atoms with Crippen LogP contribution in [0.3, 0.4) is 0 Å². The molecule has 0 unspecified atom stereocenters. The fraction of sp³-hybridized carbons (Fsp3) is 0.120. The second-order valence-corrected chi connectivity index (χ2v) is 8.21. The number of aromatic nitrogens is 2. The predicted molar refractivity (Wildman–Crippen MR) is 135 cm³/mol. The van der Waals surface area contributed by atoms with Crippen molar-refractivity contribution in [1.82, 2.24) is 15.0 Å². The molecule has 10 heteroatoms. The molecule has 4 rings (SSSR count). The second kappa shape index (κ2) is 10.7. The van der Waals surface area contributed by atoms with E-state index in [0.717, 1.165) is 11.8 Å². The molecule has 0 bridgehead atoms. The number of aromatic hydroxyl groups is 1. The summed E-state index contributed by atoms with van der Waals surface area (Å²) in [7, 11) is 3.01. The lowest BCUT2D eigenvalue weighted by Crippen LogP contribution is -2.24. The standard InChI is InChI=1S/C25H22N4O5S/c1-33-18-10-8-17(9-11-18)29-24(32)19-5-3-4-6-20(19)27-25(29)35-15-23(31)28-26-14-16-7-12-21(30)22(13-16)34-2/h3-14,30H,15H2,1-2H3,(H,28,31)/b26-14+. The molecule has 9 nitrogen and oxygen atoms in total. The van der Waals surface area contributed by atoms with Crippen LogP contribution in [0.2, 0.25) is 0 Å². The Hall–Kier alpha value is -4.31. The lowest BCUT2D eigenvalue weighted by molar-refractivity contribution is -0.118. The number of carbonyl (C=O) groups is 1. The van der Waals surface area contributed by atoms with Crippen LogP contribution < -0.4 is 20.5 Å². The quantitative estimate of drug-likeness (QED) is 0.168. The smallest absolute Gasteiger partial charge is 0.266 e. The lowest BCUT2D eigenvalue weighted by atomic mass is 10.2. The summed E-state index contributed by atoms with van der Waals surface area (Å²) in [5, 5.41) is 14.5. The van der Waals surface area contributed by atoms with Crippen LogP contribution in [0.15, 0.2) is 81.8 Å². The number of hydrogen-bond acceptors (Lipinski definition) is 8. The summed E-state index contributed by atoms with van der Waals surface area (Å²) in [4.78, 5) is 30.3. The Morgan fingerprint density at radius 3 is 2.63 bits per heavy atom. The third kappa shape index (κ3) is 5.44. The lowest BCUT2D eigenvalue weighted by Gasteiger charge is -2.13. The number of ether oxygens (including phenoxy) is 2. The van der Waals surface area contributed by atoms with Crippen LogP contribution in [0.5, 0.6) is 17.2 Å². The third-order valence-corrected chi connectivity index (χ3v) is 5.95. The molecule has 0 aliphatic carbocycles. The van der Waals surface area contributed by atoms with Crippen LogP contribution in [-0.2, 0) is 4.79 Å². The van der Waals surface area contributed by atoms with Gasteiger partial charge in [-0.1, -0.05) is 23.9 Å². The van der Waals surface area contributed by atoms with Gasteiger partial charge in [-0.3, -0.25) is 14.2 Å². The predicted octanol–water partition coefficient (Wildman–Crippen LogP) is 3.35. The van der Waals surface area contributed by atoms with E-state index in [2.05, 4.69) is 15.5 Å². The molecule has 1 aromatic heterocycles. The van der Waals surface area contributed by atoms with Crippen LogP contribution in [0.4, 0.5) is 0 Å². The Morgan fingerprint density at radius 2 is 1.89 bits per heavy atom. The number of benzene rings is 3. The first-order valence-electron chi connectivity index (χ1n) is 10.5. The molecule has 2 N–H and O–H groups in total. The van der Waals surface area contributed by atoms with Gasteiger partial charge >= 0.3 is 0 Å². The fourth-order valence-electron chi connectivity index (χ4n) is 3.28. The Labute approximate surface area is 205 Å². The minimum Gasteiger partial charge on any atom is -0.504 e. The fourth-order valence-corrected chi connectivity index (χ4v) is 4.09. The first-order chi connectivity index (χ1) is 17.0. The van der Waals surface area contributed by atoms with Gasteiger partial charge in [0.1, 0.15) is 5.75 Å². The topological polar surface area (TPSA) is 115 Å². The maximum atomic E-state index is 13.3. The zero-order chi connectivity index (χ0) is 24.8. The van der Waals surface area contributed by atoms with E-state index < -0.39 is 0 Å². The molecule has 3 aromatic carbocycles. The highest BCUT2D eigenvalue weighted by molar-refractivity contribution is 7.99. The molecule has 4 aromatic rings. The van der Waals surface area contributed by atoms with Gasteiger partial charge in [0, 0.05) is 0 Å². The number of thioether (sulfide) groups is 1. The van der Waals surface area contributed by atoms with Crippen LogP contribution in [0.25, 0.3) is 16.6 Å². The Morgan fingerprint density at radius 1 is 1.11 bits per heavy atom. The van der Waals surface area contributed by atoms with E-state index in [1.165, 1.54) is 24.0 Å². The van der Waals surface area contributed by atoms with Gasteiger partial charge in [-0.15, -0.1) is 0 Å². The van der Waals surface area contributed by atoms with Crippen LogP contribution >= 0.6 is 11.8 Å². The first-order valence-corrected chi connectivity index (χ1v) is 11.5. The SMILES string of the molecule is COc1ccc(-n2c(SCC(=O)N/N=C/c3ccc(O)c(OC)c3)nc3ccccc3c2=O)cc1. The van der Waals surface area contributed by atoms with Crippen molar-refractivity contribution in [1.29, 1.82) is 0 Å². The van der Waals surface area contributed by atoms with Crippen molar-refractivity contribution in [2.75, 3.05) is 20.0 Å². The number of amides is 1. The summed E-state index contributed by atoms with van der Waals surface area (Å²) in [6.45, 7) is 0. The number of methoxy groups -OCH3 is 2. The molecule has 35 heavy (non-hydrogen) atoms. The number of nitrogens with zero attached hydrogens (tertiary/aromatic N) is 3. The molecule has 0 saturated carbocycles. The number of para-hydroxylation sites is 1. The average Bonchev–Trinajstić information content (AvgIpc) is 2.88. The van der Waals surface area contributed by atoms with Crippen molar-refractivity contribution in [3.8, 4) is 22.9 Å². The summed E-state index contributed by atoms with van der Waals surface area (Å²) in [6.07, 6.45) is 1.44. The maximum absolute atomic E-state index is 13.3. The largest absolute Gasteiger partial charge is 0.504 e. The molecule has 0 saturated heterocycles. The van der Waals surface area contributed by atoms with Crippen molar-refractivity contribution >= 4 is 34.8 Å². The van der Waals surface area contributed by atoms with Crippen molar-refractivity contribution in [2.45, 2.75) is 5.16 Å². The van der Waals surface area contributed by atoms with Crippen LogP contribution in [-0.4, -0.2) is 46.8 Å². The highest BCUT2D eigenvalue weighted by Crippen LogP contribution is 2.25. The van der Waals surface area contributed by atoms with Gasteiger partial charge < -0.3 is 14.6 Å². The summed E-state index contributed by atoms with van der Waals surface area (Å²) in [5.41, 5.74) is 4.01. The molecule has 0 fully saturated rings. The molecule has 0 atom stereocenters. The number of phenols is 1. The number of fused-ring (bicyclic) bond motifs is 1. The van der Waals surface area contributed by atoms with E-state index in [0.29, 0.717) is 38.8 Å². The van der Waals surface area contributed by atoms with Crippen molar-refractivity contribution in [3.63, 3.8) is 0 Å². The maximum Gasteiger partial charge on any atom is 0.266 e. The zero-order valence-corrected chi connectivity index (χ0v) is 19.8. The number of hydrazone groups is 1. The first kappa shape index (κ1) is 23.8. The van der Waals surface area contributed by atoms with Gasteiger partial charge in [-0.25, -0.2) is 10.4 Å². The van der Waals surface area contributed by atoms with Gasteiger partial charge in [0.25, 0.3) is 11.5 Å². The Bertz CT molecular complexity index is 1450. The second-order valence-electron chi connectivity index (χ2n) is 7.26. The van der Waals surface area contributed by atoms with E-state index in [1.807, 2.05) is 0 Å². The molecular formula is C25H22N4O5S. The van der Waals surface area contributed by atoms with E-state index >= 15 is 0 Å². The minimum atomic E-state index is -0.374. The molecule has 0 aliphatic rings. The van der Waals surface area contributed by atoms with Gasteiger partial charge in [0.15, 0.2) is 16.7 Å². The number of nitrogens with one attached hydrogen (secondary N) is 1. The van der Waals surface area contributed by atoms with Crippen LogP contribution in [0.1, 0.15) is 5.56 Å². The van der Waals surface area contributed by atoms with Gasteiger partial charge in [0.05, 0.1) is 42.8 Å². The summed E-state index contributed by atoms with van der Waals surface area (Å²) >= 11 is 1.12. The van der Waals surface area contributed by atoms with Gasteiger partial charge in [0.2, 0.25) is 0 Å². The zero-order valence-electron chi connectivity index (χ0n) is 19.0. The summed E-state index contributed by atoms with van der Waals surface area (Å²) < 4.78 is 11.7. The van der Waals surface area contributed by atoms with Crippen molar-refractivity contribution in [3.05, 3.63) is 82.6 Å². The van der Waals surface area contributed by atoms with Crippen molar-refractivity contribution < 1.29 is 19.4 Å². The molecule has 1 heterocycles. The minimum absolute atomic E-state index is 0.0101. The number of phenolic OH excluding ortho intramolecular Hbond substituents is 1. The monoisotopic (exact) mass is 490 g/mol. The number of rotatable bonds is 8. The summed E-state index contributed by atoms with van der Waals surface area (Å²) in [6, 6.07) is 18.8. The third-order valence-electron chi connectivity index (χ3n) is 5.01. The van der Waals surface area contributed by atoms with E-state index in [1.54, 1.807) is 67.8 Å². The normalized spacial score (nSPS) is 11.0. The molecule has 0 aliphatic heterocycles. The van der Waals surface area contributed by atoms with Crippen molar-refractivity contribution in [2.24, 2.45) is 5.10 Å². The van der Waals surface area contributed by atoms with E-state index in [-0.39, 0.29) is 23.0 Å². The Balaban J connectivity index is 1.54. The summed E-state index contributed by atoms with van der Waals surface area (Å²) in [5.74, 6) is 0.580. The molecule has 0 radical (unpaired) electrons. The molecule has 1 amide bonds. The number of carbonyl (C=O) groups excluding carboxylic acids is 1. The average molecular weight is 491 g/mol. The highest BCUT2D eigenvalue weighted by atomic mass is 32.2. The highest BCUT2D eigenvalue weighted by Gasteiger charge is 2.15. The molecule has 0 spiro atoms. The Kier molecular flexibility index (Phi) is 7.32. The van der Waals surface area contributed by atoms with E-state index in [9.17, 15) is 14.7 Å². The molecular weight excluding hydrogens is 468 g/mol. The van der Waals surface area contributed by atoms with Gasteiger partial charge in [-0.05, 0) is 60.2 Å². The number of hydrogen-bond donors (Lipinski definition) is 2. The van der Waals surface area contributed by atoms with E-state index in [4.69, 9.17) is 9.47 Å². The van der Waals surface area contributed by atoms with Gasteiger partial charge in [-0.2, -0.15) is 5.10 Å². The molecule has 178 valence electrons. The van der Waals surface area contributed by atoms with Crippen LogP contribution in [0, 0.1) is 0 Å².